The molecule has 0 aliphatic heterocycles. The van der Waals surface area contributed by atoms with Gasteiger partial charge in [0.1, 0.15) is 18.3 Å². The average Bonchev–Trinajstić information content (AvgIpc) is 2.89. The van der Waals surface area contributed by atoms with Crippen LogP contribution in [0, 0.1) is 0 Å². The van der Waals surface area contributed by atoms with Crippen LogP contribution in [0.4, 0.5) is 5.69 Å². The van der Waals surface area contributed by atoms with Crippen LogP contribution in [0.25, 0.3) is 0 Å². The maximum absolute atomic E-state index is 14.1. The molecule has 3 rings (SSSR count). The first-order valence-corrected chi connectivity index (χ1v) is 15.0. The van der Waals surface area contributed by atoms with Crippen molar-refractivity contribution in [3.8, 4) is 5.75 Å². The summed E-state index contributed by atoms with van der Waals surface area (Å²) in [5, 5.41) is 3.42. The van der Waals surface area contributed by atoms with Crippen molar-refractivity contribution in [2.45, 2.75) is 45.3 Å². The molecule has 3 aromatic carbocycles. The van der Waals surface area contributed by atoms with E-state index in [2.05, 4.69) is 5.32 Å². The van der Waals surface area contributed by atoms with Gasteiger partial charge in [-0.2, -0.15) is 0 Å². The third-order valence-corrected chi connectivity index (χ3v) is 7.60. The Labute approximate surface area is 241 Å². The summed E-state index contributed by atoms with van der Waals surface area (Å²) in [7, 11) is -2.41. The molecule has 0 heterocycles. The van der Waals surface area contributed by atoms with Gasteiger partial charge in [0.25, 0.3) is 0 Å². The van der Waals surface area contributed by atoms with Crippen molar-refractivity contribution < 1.29 is 22.7 Å². The van der Waals surface area contributed by atoms with Crippen molar-refractivity contribution >= 4 is 39.1 Å². The second kappa shape index (κ2) is 13.2. The van der Waals surface area contributed by atoms with Crippen LogP contribution >= 0.6 is 11.6 Å². The van der Waals surface area contributed by atoms with Gasteiger partial charge in [-0.05, 0) is 50.1 Å². The number of hydrogen-bond acceptors (Lipinski definition) is 5. The zero-order valence-corrected chi connectivity index (χ0v) is 25.0. The highest BCUT2D eigenvalue weighted by Crippen LogP contribution is 2.25. The van der Waals surface area contributed by atoms with Crippen molar-refractivity contribution in [2.24, 2.45) is 0 Å². The Morgan fingerprint density at radius 3 is 2.23 bits per heavy atom. The second-order valence-electron chi connectivity index (χ2n) is 10.5. The summed E-state index contributed by atoms with van der Waals surface area (Å²) >= 11 is 6.47. The van der Waals surface area contributed by atoms with E-state index in [4.69, 9.17) is 16.3 Å². The summed E-state index contributed by atoms with van der Waals surface area (Å²) in [6.07, 6.45) is 1.25. The van der Waals surface area contributed by atoms with Gasteiger partial charge in [0.2, 0.25) is 21.8 Å². The van der Waals surface area contributed by atoms with Crippen LogP contribution in [0.3, 0.4) is 0 Å². The fourth-order valence-electron chi connectivity index (χ4n) is 4.20. The highest BCUT2D eigenvalue weighted by atomic mass is 35.5. The maximum Gasteiger partial charge on any atom is 0.244 e. The normalized spacial score (nSPS) is 12.3. The molecule has 8 nitrogen and oxygen atoms in total. The van der Waals surface area contributed by atoms with Crippen LogP contribution in [-0.2, 0) is 32.6 Å². The fourth-order valence-corrected chi connectivity index (χ4v) is 5.23. The summed E-state index contributed by atoms with van der Waals surface area (Å²) in [5.41, 5.74) is 1.18. The molecule has 214 valence electrons. The zero-order valence-electron chi connectivity index (χ0n) is 23.4. The summed E-state index contributed by atoms with van der Waals surface area (Å²) in [5.74, 6) is -0.472. The van der Waals surface area contributed by atoms with Crippen molar-refractivity contribution in [2.75, 3.05) is 24.2 Å². The van der Waals surface area contributed by atoms with E-state index in [1.165, 1.54) is 12.0 Å². The number of hydrogen-bond donors (Lipinski definition) is 1. The van der Waals surface area contributed by atoms with Gasteiger partial charge >= 0.3 is 0 Å². The molecular weight excluding hydrogens is 550 g/mol. The zero-order chi connectivity index (χ0) is 29.5. The highest BCUT2D eigenvalue weighted by Gasteiger charge is 2.34. The number of anilines is 1. The smallest absolute Gasteiger partial charge is 0.244 e. The number of ether oxygens (including phenoxy) is 1. The maximum atomic E-state index is 14.1. The number of halogens is 1. The highest BCUT2D eigenvalue weighted by molar-refractivity contribution is 7.92. The molecule has 0 bridgehead atoms. The quantitative estimate of drug-likeness (QED) is 0.353. The Balaban J connectivity index is 2.09. The number of amides is 2. The molecule has 0 aliphatic rings. The largest absolute Gasteiger partial charge is 0.497 e. The van der Waals surface area contributed by atoms with Gasteiger partial charge in [-0.1, -0.05) is 66.2 Å². The predicted molar refractivity (Wildman–Crippen MR) is 159 cm³/mol. The molecule has 1 N–H and O–H groups in total. The van der Waals surface area contributed by atoms with Gasteiger partial charge in [-0.25, -0.2) is 8.42 Å². The molecule has 0 aliphatic carbocycles. The van der Waals surface area contributed by atoms with E-state index < -0.39 is 34.1 Å². The molecule has 0 saturated heterocycles. The van der Waals surface area contributed by atoms with Gasteiger partial charge < -0.3 is 15.0 Å². The van der Waals surface area contributed by atoms with E-state index in [1.807, 2.05) is 51.1 Å². The molecule has 1 atom stereocenters. The lowest BCUT2D eigenvalue weighted by atomic mass is 10.0. The first-order chi connectivity index (χ1) is 18.8. The lowest BCUT2D eigenvalue weighted by molar-refractivity contribution is -0.140. The minimum absolute atomic E-state index is 0.00326. The number of benzene rings is 3. The first kappa shape index (κ1) is 31.0. The molecular formula is C30H36ClN3O5S. The minimum Gasteiger partial charge on any atom is -0.497 e. The van der Waals surface area contributed by atoms with E-state index in [0.29, 0.717) is 16.3 Å². The standard InChI is InChI=1S/C30H36ClN3O5S/c1-30(2,3)32-29(36)27(18-22-12-7-6-8-13-22)33(20-23-14-9-10-17-26(23)31)28(35)21-34(40(5,37)38)24-15-11-16-25(19-24)39-4/h6-17,19,27H,18,20-21H2,1-5H3,(H,32,36)/t27-/m0/s1. The number of carbonyl (C=O) groups is 2. The molecule has 40 heavy (non-hydrogen) atoms. The number of nitrogens with zero attached hydrogens (tertiary/aromatic N) is 2. The van der Waals surface area contributed by atoms with Crippen LogP contribution in [-0.4, -0.2) is 56.6 Å². The molecule has 0 spiro atoms. The first-order valence-electron chi connectivity index (χ1n) is 12.8. The number of rotatable bonds is 11. The van der Waals surface area contributed by atoms with Crippen LogP contribution in [0.2, 0.25) is 5.02 Å². The van der Waals surface area contributed by atoms with Crippen molar-refractivity contribution in [1.29, 1.82) is 0 Å². The third-order valence-electron chi connectivity index (χ3n) is 6.09. The predicted octanol–water partition coefficient (Wildman–Crippen LogP) is 4.67. The Morgan fingerprint density at radius 1 is 0.975 bits per heavy atom. The van der Waals surface area contributed by atoms with Crippen LogP contribution < -0.4 is 14.4 Å². The second-order valence-corrected chi connectivity index (χ2v) is 12.8. The Kier molecular flexibility index (Phi) is 10.2. The van der Waals surface area contributed by atoms with E-state index in [1.54, 1.807) is 48.5 Å². The molecule has 0 radical (unpaired) electrons. The van der Waals surface area contributed by atoms with E-state index in [9.17, 15) is 18.0 Å². The number of carbonyl (C=O) groups excluding carboxylic acids is 2. The molecule has 0 fully saturated rings. The molecule has 3 aromatic rings. The Bertz CT molecular complexity index is 1420. The fraction of sp³-hybridized carbons (Fsp3) is 0.333. The van der Waals surface area contributed by atoms with Gasteiger partial charge in [0.15, 0.2) is 0 Å². The van der Waals surface area contributed by atoms with Crippen LogP contribution in [0.5, 0.6) is 5.75 Å². The third kappa shape index (κ3) is 8.72. The van der Waals surface area contributed by atoms with Crippen molar-refractivity contribution in [3.05, 3.63) is 95.0 Å². The van der Waals surface area contributed by atoms with Crippen molar-refractivity contribution in [1.82, 2.24) is 10.2 Å². The number of methoxy groups -OCH3 is 1. The molecule has 0 aromatic heterocycles. The van der Waals surface area contributed by atoms with Gasteiger partial charge in [0.05, 0.1) is 19.1 Å². The van der Waals surface area contributed by atoms with Gasteiger partial charge in [-0.3, -0.25) is 13.9 Å². The van der Waals surface area contributed by atoms with E-state index in [-0.39, 0.29) is 24.6 Å². The lowest BCUT2D eigenvalue weighted by Crippen LogP contribution is -2.56. The molecule has 0 unspecified atom stereocenters. The Morgan fingerprint density at radius 2 is 1.62 bits per heavy atom. The molecule has 2 amide bonds. The van der Waals surface area contributed by atoms with Gasteiger partial charge in [0, 0.05) is 29.6 Å². The summed E-state index contributed by atoms with van der Waals surface area (Å²) in [4.78, 5) is 29.3. The van der Waals surface area contributed by atoms with E-state index >= 15 is 0 Å². The summed E-state index contributed by atoms with van der Waals surface area (Å²) < 4.78 is 32.1. The number of nitrogens with one attached hydrogen (secondary N) is 1. The van der Waals surface area contributed by atoms with E-state index in [0.717, 1.165) is 16.1 Å². The van der Waals surface area contributed by atoms with Crippen LogP contribution in [0.1, 0.15) is 31.9 Å². The topological polar surface area (TPSA) is 96.0 Å². The van der Waals surface area contributed by atoms with Crippen molar-refractivity contribution in [3.63, 3.8) is 0 Å². The lowest BCUT2D eigenvalue weighted by Gasteiger charge is -2.35. The SMILES string of the molecule is COc1cccc(N(CC(=O)N(Cc2ccccc2Cl)[C@@H](Cc2ccccc2)C(=O)NC(C)(C)C)S(C)(=O)=O)c1. The van der Waals surface area contributed by atoms with Crippen LogP contribution in [0.15, 0.2) is 78.9 Å². The Hall–Kier alpha value is -3.56. The minimum atomic E-state index is -3.88. The average molecular weight is 586 g/mol. The van der Waals surface area contributed by atoms with Gasteiger partial charge in [-0.15, -0.1) is 0 Å². The summed E-state index contributed by atoms with van der Waals surface area (Å²) in [6, 6.07) is 21.9. The molecule has 0 saturated carbocycles. The monoisotopic (exact) mass is 585 g/mol. The number of sulfonamides is 1. The summed E-state index contributed by atoms with van der Waals surface area (Å²) in [6.45, 7) is 5.06. The molecule has 10 heteroatoms.